The molecule has 0 atom stereocenters. The van der Waals surface area contributed by atoms with Crippen LogP contribution in [0.4, 0.5) is 5.69 Å². The first-order valence-electron chi connectivity index (χ1n) is 7.64. The molecule has 1 heterocycles. The standard InChI is InChI=1S/C19H17ClN2O3/c1-24-17-8-13-10-21-11-16(15(13)9-18(17)25-2)22-19(23)7-12-4-3-5-14(20)6-12/h3-6,8-11H,7H2,1-2H3,(H,22,23). The number of anilines is 1. The molecule has 3 aromatic rings. The van der Waals surface area contributed by atoms with Gasteiger partial charge in [-0.1, -0.05) is 23.7 Å². The second-order valence-corrected chi connectivity index (χ2v) is 5.91. The van der Waals surface area contributed by atoms with Crippen LogP contribution in [-0.4, -0.2) is 25.1 Å². The van der Waals surface area contributed by atoms with E-state index in [1.165, 1.54) is 0 Å². The molecule has 5 nitrogen and oxygen atoms in total. The summed E-state index contributed by atoms with van der Waals surface area (Å²) in [5, 5.41) is 5.18. The zero-order valence-corrected chi connectivity index (χ0v) is 14.6. The molecule has 0 aliphatic heterocycles. The van der Waals surface area contributed by atoms with Crippen LogP contribution in [0.25, 0.3) is 10.8 Å². The van der Waals surface area contributed by atoms with Gasteiger partial charge >= 0.3 is 0 Å². The van der Waals surface area contributed by atoms with Gasteiger partial charge in [0.15, 0.2) is 11.5 Å². The van der Waals surface area contributed by atoms with Gasteiger partial charge in [-0.15, -0.1) is 0 Å². The number of benzene rings is 2. The van der Waals surface area contributed by atoms with Gasteiger partial charge in [-0.3, -0.25) is 9.78 Å². The predicted molar refractivity (Wildman–Crippen MR) is 98.6 cm³/mol. The van der Waals surface area contributed by atoms with Crippen molar-refractivity contribution in [2.75, 3.05) is 19.5 Å². The molecule has 0 aliphatic rings. The maximum atomic E-state index is 12.4. The quantitative estimate of drug-likeness (QED) is 0.748. The molecule has 0 fully saturated rings. The fraction of sp³-hybridized carbons (Fsp3) is 0.158. The normalized spacial score (nSPS) is 10.5. The molecule has 0 spiro atoms. The number of nitrogens with zero attached hydrogens (tertiary/aromatic N) is 1. The van der Waals surface area contributed by atoms with E-state index in [-0.39, 0.29) is 12.3 Å². The second-order valence-electron chi connectivity index (χ2n) is 5.47. The van der Waals surface area contributed by atoms with Crippen molar-refractivity contribution in [3.05, 3.63) is 59.4 Å². The van der Waals surface area contributed by atoms with Crippen molar-refractivity contribution < 1.29 is 14.3 Å². The minimum absolute atomic E-state index is 0.147. The molecule has 0 bridgehead atoms. The van der Waals surface area contributed by atoms with E-state index in [1.54, 1.807) is 38.7 Å². The number of methoxy groups -OCH3 is 2. The molecule has 1 N–H and O–H groups in total. The third-order valence-corrected chi connectivity index (χ3v) is 4.03. The molecular weight excluding hydrogens is 340 g/mol. The Balaban J connectivity index is 1.89. The monoisotopic (exact) mass is 356 g/mol. The van der Waals surface area contributed by atoms with E-state index in [1.807, 2.05) is 24.3 Å². The molecule has 128 valence electrons. The molecule has 0 aliphatic carbocycles. The van der Waals surface area contributed by atoms with E-state index in [0.29, 0.717) is 22.2 Å². The number of carbonyl (C=O) groups excluding carboxylic acids is 1. The van der Waals surface area contributed by atoms with Crippen molar-refractivity contribution in [2.24, 2.45) is 0 Å². The molecule has 0 saturated heterocycles. The Morgan fingerprint density at radius 3 is 2.60 bits per heavy atom. The van der Waals surface area contributed by atoms with Crippen LogP contribution < -0.4 is 14.8 Å². The summed E-state index contributed by atoms with van der Waals surface area (Å²) < 4.78 is 10.6. The van der Waals surface area contributed by atoms with Gasteiger partial charge in [0, 0.05) is 22.0 Å². The Hall–Kier alpha value is -2.79. The van der Waals surface area contributed by atoms with Gasteiger partial charge in [0.25, 0.3) is 0 Å². The molecule has 2 aromatic carbocycles. The minimum atomic E-state index is -0.147. The zero-order valence-electron chi connectivity index (χ0n) is 13.9. The van der Waals surface area contributed by atoms with E-state index in [9.17, 15) is 4.79 Å². The molecular formula is C19H17ClN2O3. The highest BCUT2D eigenvalue weighted by Crippen LogP contribution is 2.34. The van der Waals surface area contributed by atoms with Crippen molar-refractivity contribution in [1.82, 2.24) is 4.98 Å². The molecule has 0 saturated carbocycles. The SMILES string of the molecule is COc1cc2cncc(NC(=O)Cc3cccc(Cl)c3)c2cc1OC. The summed E-state index contributed by atoms with van der Waals surface area (Å²) >= 11 is 5.96. The van der Waals surface area contributed by atoms with E-state index in [0.717, 1.165) is 16.3 Å². The van der Waals surface area contributed by atoms with Crippen molar-refractivity contribution in [3.63, 3.8) is 0 Å². The summed E-state index contributed by atoms with van der Waals surface area (Å²) in [5.41, 5.74) is 1.46. The number of hydrogen-bond donors (Lipinski definition) is 1. The first-order valence-corrected chi connectivity index (χ1v) is 8.02. The Morgan fingerprint density at radius 2 is 1.88 bits per heavy atom. The van der Waals surface area contributed by atoms with Gasteiger partial charge in [0.05, 0.1) is 32.5 Å². The number of nitrogens with one attached hydrogen (secondary N) is 1. The van der Waals surface area contributed by atoms with Crippen LogP contribution in [0, 0.1) is 0 Å². The number of ether oxygens (including phenoxy) is 2. The van der Waals surface area contributed by atoms with Gasteiger partial charge in [-0.05, 0) is 29.8 Å². The van der Waals surface area contributed by atoms with Gasteiger partial charge in [-0.2, -0.15) is 0 Å². The zero-order chi connectivity index (χ0) is 17.8. The van der Waals surface area contributed by atoms with Crippen LogP contribution in [0.5, 0.6) is 11.5 Å². The van der Waals surface area contributed by atoms with Gasteiger partial charge in [0.2, 0.25) is 5.91 Å². The number of carbonyl (C=O) groups is 1. The average molecular weight is 357 g/mol. The number of pyridine rings is 1. The Morgan fingerprint density at radius 1 is 1.12 bits per heavy atom. The fourth-order valence-electron chi connectivity index (χ4n) is 2.62. The van der Waals surface area contributed by atoms with Crippen LogP contribution in [0.15, 0.2) is 48.8 Å². The Bertz CT molecular complexity index is 928. The van der Waals surface area contributed by atoms with E-state index in [2.05, 4.69) is 10.3 Å². The van der Waals surface area contributed by atoms with Crippen LogP contribution in [0.1, 0.15) is 5.56 Å². The lowest BCUT2D eigenvalue weighted by atomic mass is 10.1. The smallest absolute Gasteiger partial charge is 0.228 e. The summed E-state index contributed by atoms with van der Waals surface area (Å²) in [6, 6.07) is 10.9. The molecule has 3 rings (SSSR count). The fourth-order valence-corrected chi connectivity index (χ4v) is 2.84. The lowest BCUT2D eigenvalue weighted by molar-refractivity contribution is -0.115. The lowest BCUT2D eigenvalue weighted by Crippen LogP contribution is -2.14. The number of rotatable bonds is 5. The number of halogens is 1. The molecule has 6 heteroatoms. The Labute approximate surface area is 150 Å². The molecule has 1 amide bonds. The van der Waals surface area contributed by atoms with E-state index < -0.39 is 0 Å². The largest absolute Gasteiger partial charge is 0.493 e. The summed E-state index contributed by atoms with van der Waals surface area (Å²) in [7, 11) is 3.15. The first-order chi connectivity index (χ1) is 12.1. The van der Waals surface area contributed by atoms with Crippen LogP contribution >= 0.6 is 11.6 Å². The summed E-state index contributed by atoms with van der Waals surface area (Å²) in [6.07, 6.45) is 3.55. The minimum Gasteiger partial charge on any atom is -0.493 e. The maximum Gasteiger partial charge on any atom is 0.228 e. The van der Waals surface area contributed by atoms with E-state index >= 15 is 0 Å². The number of amides is 1. The molecule has 0 unspecified atom stereocenters. The number of hydrogen-bond acceptors (Lipinski definition) is 4. The van der Waals surface area contributed by atoms with Crippen molar-refractivity contribution in [2.45, 2.75) is 6.42 Å². The highest BCUT2D eigenvalue weighted by Gasteiger charge is 2.12. The van der Waals surface area contributed by atoms with Crippen LogP contribution in [0.3, 0.4) is 0 Å². The lowest BCUT2D eigenvalue weighted by Gasteiger charge is -2.12. The molecule has 0 radical (unpaired) electrons. The van der Waals surface area contributed by atoms with Gasteiger partial charge in [-0.25, -0.2) is 0 Å². The second kappa shape index (κ2) is 7.40. The third kappa shape index (κ3) is 3.83. The highest BCUT2D eigenvalue weighted by atomic mass is 35.5. The van der Waals surface area contributed by atoms with Gasteiger partial charge in [0.1, 0.15) is 0 Å². The first kappa shape index (κ1) is 17.0. The Kier molecular flexibility index (Phi) is 5.05. The van der Waals surface area contributed by atoms with Crippen molar-refractivity contribution in [1.29, 1.82) is 0 Å². The maximum absolute atomic E-state index is 12.4. The third-order valence-electron chi connectivity index (χ3n) is 3.79. The predicted octanol–water partition coefficient (Wildman–Crippen LogP) is 4.09. The average Bonchev–Trinajstić information content (AvgIpc) is 2.60. The summed E-state index contributed by atoms with van der Waals surface area (Å²) in [5.74, 6) is 1.05. The van der Waals surface area contributed by atoms with Crippen molar-refractivity contribution in [3.8, 4) is 11.5 Å². The number of aromatic nitrogens is 1. The molecule has 1 aromatic heterocycles. The van der Waals surface area contributed by atoms with E-state index in [4.69, 9.17) is 21.1 Å². The van der Waals surface area contributed by atoms with Crippen molar-refractivity contribution >= 4 is 34.0 Å². The van der Waals surface area contributed by atoms with Crippen LogP contribution in [0.2, 0.25) is 5.02 Å². The van der Waals surface area contributed by atoms with Gasteiger partial charge < -0.3 is 14.8 Å². The number of fused-ring (bicyclic) bond motifs is 1. The highest BCUT2D eigenvalue weighted by molar-refractivity contribution is 6.30. The topological polar surface area (TPSA) is 60.5 Å². The molecule has 25 heavy (non-hydrogen) atoms. The summed E-state index contributed by atoms with van der Waals surface area (Å²) in [6.45, 7) is 0. The summed E-state index contributed by atoms with van der Waals surface area (Å²) in [4.78, 5) is 16.6. The van der Waals surface area contributed by atoms with Crippen LogP contribution in [-0.2, 0) is 11.2 Å².